The normalized spacial score (nSPS) is 10.9. The SMILES string of the molecule is Cc1ccnc(Nc2ccc3cn[nH]c3c2)c1C(=O)NCCCn1ccnc1. The Kier molecular flexibility index (Phi) is 5.01. The molecule has 0 saturated carbocycles. The van der Waals surface area contributed by atoms with E-state index in [4.69, 9.17) is 0 Å². The topological polar surface area (TPSA) is 101 Å². The summed E-state index contributed by atoms with van der Waals surface area (Å²) in [6.45, 7) is 3.29. The van der Waals surface area contributed by atoms with Crippen molar-refractivity contribution in [2.75, 3.05) is 11.9 Å². The van der Waals surface area contributed by atoms with E-state index in [0.717, 1.165) is 35.1 Å². The number of benzene rings is 1. The number of H-pyrrole nitrogens is 1. The van der Waals surface area contributed by atoms with E-state index in [0.29, 0.717) is 17.9 Å². The van der Waals surface area contributed by atoms with Crippen LogP contribution in [0.1, 0.15) is 22.3 Å². The van der Waals surface area contributed by atoms with Crippen molar-refractivity contribution < 1.29 is 4.79 Å². The van der Waals surface area contributed by atoms with Gasteiger partial charge in [0.25, 0.3) is 5.91 Å². The minimum atomic E-state index is -0.138. The average Bonchev–Trinajstić information content (AvgIpc) is 3.36. The number of aryl methyl sites for hydroxylation is 2. The van der Waals surface area contributed by atoms with Crippen molar-refractivity contribution in [1.29, 1.82) is 0 Å². The first-order valence-corrected chi connectivity index (χ1v) is 9.10. The highest BCUT2D eigenvalue weighted by molar-refractivity contribution is 6.01. The summed E-state index contributed by atoms with van der Waals surface area (Å²) in [7, 11) is 0. The Balaban J connectivity index is 1.46. The van der Waals surface area contributed by atoms with Crippen LogP contribution >= 0.6 is 0 Å². The lowest BCUT2D eigenvalue weighted by Gasteiger charge is -2.14. The molecule has 1 amide bonds. The number of nitrogens with zero attached hydrogens (tertiary/aromatic N) is 4. The quantitative estimate of drug-likeness (QED) is 0.431. The minimum absolute atomic E-state index is 0.138. The molecule has 0 saturated heterocycles. The first-order valence-electron chi connectivity index (χ1n) is 9.10. The Morgan fingerprint density at radius 2 is 2.18 bits per heavy atom. The molecule has 4 rings (SSSR count). The van der Waals surface area contributed by atoms with Crippen molar-refractivity contribution in [3.63, 3.8) is 0 Å². The molecule has 0 unspecified atom stereocenters. The molecule has 28 heavy (non-hydrogen) atoms. The molecule has 8 heteroatoms. The van der Waals surface area contributed by atoms with Crippen LogP contribution in [0.5, 0.6) is 0 Å². The number of nitrogens with one attached hydrogen (secondary N) is 3. The summed E-state index contributed by atoms with van der Waals surface area (Å²) in [5, 5.41) is 14.2. The third-order valence-electron chi connectivity index (χ3n) is 4.53. The molecule has 0 aliphatic heterocycles. The van der Waals surface area contributed by atoms with Crippen LogP contribution in [0, 0.1) is 6.92 Å². The maximum absolute atomic E-state index is 12.8. The molecule has 0 spiro atoms. The zero-order chi connectivity index (χ0) is 19.3. The van der Waals surface area contributed by atoms with Gasteiger partial charge in [0.05, 0.1) is 23.6 Å². The number of carbonyl (C=O) groups excluding carboxylic acids is 1. The van der Waals surface area contributed by atoms with Gasteiger partial charge in [-0.05, 0) is 43.2 Å². The predicted octanol–water partition coefficient (Wildman–Crippen LogP) is 3.03. The molecular formula is C20H21N7O. The Hall–Kier alpha value is -3.68. The molecule has 3 N–H and O–H groups in total. The van der Waals surface area contributed by atoms with E-state index in [2.05, 4.69) is 30.8 Å². The number of fused-ring (bicyclic) bond motifs is 1. The van der Waals surface area contributed by atoms with Crippen LogP contribution in [0.15, 0.2) is 55.4 Å². The molecule has 8 nitrogen and oxygen atoms in total. The molecule has 3 aromatic heterocycles. The maximum atomic E-state index is 12.8. The van der Waals surface area contributed by atoms with Gasteiger partial charge < -0.3 is 15.2 Å². The fraction of sp³-hybridized carbons (Fsp3) is 0.200. The lowest BCUT2D eigenvalue weighted by molar-refractivity contribution is 0.0952. The molecule has 3 heterocycles. The first-order chi connectivity index (χ1) is 13.7. The third kappa shape index (κ3) is 3.85. The summed E-state index contributed by atoms with van der Waals surface area (Å²) in [5.41, 5.74) is 3.18. The van der Waals surface area contributed by atoms with Gasteiger partial charge in [-0.25, -0.2) is 9.97 Å². The second-order valence-corrected chi connectivity index (χ2v) is 6.56. The molecule has 0 atom stereocenters. The van der Waals surface area contributed by atoms with Gasteiger partial charge in [0.1, 0.15) is 5.82 Å². The fourth-order valence-corrected chi connectivity index (χ4v) is 3.06. The molecule has 4 aromatic rings. The smallest absolute Gasteiger partial charge is 0.255 e. The number of hydrogen-bond donors (Lipinski definition) is 3. The number of anilines is 2. The van der Waals surface area contributed by atoms with Crippen LogP contribution in [0.2, 0.25) is 0 Å². The van der Waals surface area contributed by atoms with Gasteiger partial charge in [0, 0.05) is 42.8 Å². The van der Waals surface area contributed by atoms with Gasteiger partial charge >= 0.3 is 0 Å². The highest BCUT2D eigenvalue weighted by Gasteiger charge is 2.15. The zero-order valence-corrected chi connectivity index (χ0v) is 15.5. The van der Waals surface area contributed by atoms with Crippen molar-refractivity contribution in [3.8, 4) is 0 Å². The highest BCUT2D eigenvalue weighted by Crippen LogP contribution is 2.23. The van der Waals surface area contributed by atoms with Crippen LogP contribution in [-0.2, 0) is 6.54 Å². The van der Waals surface area contributed by atoms with E-state index < -0.39 is 0 Å². The van der Waals surface area contributed by atoms with Gasteiger partial charge in [-0.2, -0.15) is 5.10 Å². The Bertz CT molecular complexity index is 1090. The molecule has 0 bridgehead atoms. The van der Waals surface area contributed by atoms with Crippen molar-refractivity contribution in [3.05, 3.63) is 66.5 Å². The molecule has 142 valence electrons. The number of imidazole rings is 1. The van der Waals surface area contributed by atoms with Crippen LogP contribution in [0.25, 0.3) is 10.9 Å². The van der Waals surface area contributed by atoms with E-state index in [9.17, 15) is 4.79 Å². The minimum Gasteiger partial charge on any atom is -0.352 e. The van der Waals surface area contributed by atoms with E-state index in [1.807, 2.05) is 42.0 Å². The molecule has 0 aliphatic rings. The molecule has 0 radical (unpaired) electrons. The fourth-order valence-electron chi connectivity index (χ4n) is 3.06. The van der Waals surface area contributed by atoms with Gasteiger partial charge in [-0.15, -0.1) is 0 Å². The number of pyridine rings is 1. The van der Waals surface area contributed by atoms with E-state index in [-0.39, 0.29) is 5.91 Å². The first kappa shape index (κ1) is 17.7. The molecule has 0 aliphatic carbocycles. The molecule has 1 aromatic carbocycles. The number of carbonyl (C=O) groups is 1. The number of aromatic nitrogens is 5. The van der Waals surface area contributed by atoms with Crippen LogP contribution in [-0.4, -0.2) is 37.2 Å². The maximum Gasteiger partial charge on any atom is 0.255 e. The van der Waals surface area contributed by atoms with E-state index >= 15 is 0 Å². The van der Waals surface area contributed by atoms with Gasteiger partial charge in [-0.1, -0.05) is 0 Å². The van der Waals surface area contributed by atoms with E-state index in [1.54, 1.807) is 24.9 Å². The third-order valence-corrected chi connectivity index (χ3v) is 4.53. The van der Waals surface area contributed by atoms with Gasteiger partial charge in [0.2, 0.25) is 0 Å². The Morgan fingerprint density at radius 1 is 1.25 bits per heavy atom. The van der Waals surface area contributed by atoms with Crippen LogP contribution in [0.3, 0.4) is 0 Å². The lowest BCUT2D eigenvalue weighted by atomic mass is 10.1. The second-order valence-electron chi connectivity index (χ2n) is 6.56. The summed E-state index contributed by atoms with van der Waals surface area (Å²) < 4.78 is 1.99. The Morgan fingerprint density at radius 3 is 3.04 bits per heavy atom. The number of rotatable bonds is 7. The van der Waals surface area contributed by atoms with Gasteiger partial charge in [-0.3, -0.25) is 9.89 Å². The van der Waals surface area contributed by atoms with Crippen molar-refractivity contribution >= 4 is 28.3 Å². The molecular weight excluding hydrogens is 354 g/mol. The second kappa shape index (κ2) is 7.91. The van der Waals surface area contributed by atoms with Gasteiger partial charge in [0.15, 0.2) is 0 Å². The van der Waals surface area contributed by atoms with Crippen molar-refractivity contribution in [1.82, 2.24) is 30.0 Å². The highest BCUT2D eigenvalue weighted by atomic mass is 16.1. The average molecular weight is 375 g/mol. The zero-order valence-electron chi connectivity index (χ0n) is 15.5. The summed E-state index contributed by atoms with van der Waals surface area (Å²) in [4.78, 5) is 21.2. The largest absolute Gasteiger partial charge is 0.352 e. The standard InChI is InChI=1S/C20H21N7O/c1-14-5-7-22-19(25-16-4-3-15-12-24-26-17(15)11-16)18(14)20(28)23-6-2-9-27-10-8-21-13-27/h3-5,7-8,10-13H,2,6,9H2,1H3,(H,22,25)(H,23,28)(H,24,26). The van der Waals surface area contributed by atoms with Crippen molar-refractivity contribution in [2.45, 2.75) is 19.9 Å². The summed E-state index contributed by atoms with van der Waals surface area (Å²) >= 11 is 0. The van der Waals surface area contributed by atoms with Crippen molar-refractivity contribution in [2.24, 2.45) is 0 Å². The Labute approximate surface area is 162 Å². The van der Waals surface area contributed by atoms with Crippen LogP contribution in [0.4, 0.5) is 11.5 Å². The summed E-state index contributed by atoms with van der Waals surface area (Å²) in [6.07, 6.45) is 9.71. The summed E-state index contributed by atoms with van der Waals surface area (Å²) in [6, 6.07) is 7.68. The number of aromatic amines is 1. The summed E-state index contributed by atoms with van der Waals surface area (Å²) in [5.74, 6) is 0.396. The number of hydrogen-bond acceptors (Lipinski definition) is 5. The van der Waals surface area contributed by atoms with E-state index in [1.165, 1.54) is 0 Å². The monoisotopic (exact) mass is 375 g/mol. The lowest BCUT2D eigenvalue weighted by Crippen LogP contribution is -2.27. The van der Waals surface area contributed by atoms with Crippen LogP contribution < -0.4 is 10.6 Å². The molecule has 0 fully saturated rings. The predicted molar refractivity (Wildman–Crippen MR) is 108 cm³/mol. The number of amides is 1.